The zero-order valence-electron chi connectivity index (χ0n) is 16.7. The SMILES string of the molecule is COC(=O)N[C@]1(C)C[C@H](C(=O)N2C[C@H]3[C@H](c4cccc(C(F)(F)F)c4)[C@@]3(C)C2)C1. The maximum atomic E-state index is 13.0. The summed E-state index contributed by atoms with van der Waals surface area (Å²) in [5.41, 5.74) is -0.515. The normalized spacial score (nSPS) is 35.5. The lowest BCUT2D eigenvalue weighted by atomic mass is 9.69. The Kier molecular flexibility index (Phi) is 4.40. The molecule has 0 radical (unpaired) electrons. The van der Waals surface area contributed by atoms with Crippen molar-refractivity contribution in [1.29, 1.82) is 0 Å². The monoisotopic (exact) mass is 410 g/mol. The van der Waals surface area contributed by atoms with E-state index in [1.54, 1.807) is 6.07 Å². The first-order valence-electron chi connectivity index (χ1n) is 9.79. The topological polar surface area (TPSA) is 58.6 Å². The molecule has 1 saturated heterocycles. The molecule has 0 bridgehead atoms. The number of fused-ring (bicyclic) bond motifs is 1. The fourth-order valence-electron chi connectivity index (χ4n) is 5.45. The van der Waals surface area contributed by atoms with Crippen molar-refractivity contribution in [1.82, 2.24) is 10.2 Å². The molecular formula is C21H25F3N2O3. The quantitative estimate of drug-likeness (QED) is 0.825. The van der Waals surface area contributed by atoms with Gasteiger partial charge in [0.2, 0.25) is 5.91 Å². The van der Waals surface area contributed by atoms with E-state index in [9.17, 15) is 22.8 Å². The van der Waals surface area contributed by atoms with Crippen LogP contribution in [-0.4, -0.2) is 42.6 Å². The van der Waals surface area contributed by atoms with E-state index in [0.29, 0.717) is 31.5 Å². The average molecular weight is 410 g/mol. The molecule has 2 saturated carbocycles. The van der Waals surface area contributed by atoms with Gasteiger partial charge in [0, 0.05) is 24.5 Å². The molecule has 3 atom stereocenters. The van der Waals surface area contributed by atoms with E-state index in [2.05, 4.69) is 17.0 Å². The molecule has 0 spiro atoms. The van der Waals surface area contributed by atoms with Crippen LogP contribution in [0.1, 0.15) is 43.7 Å². The number of alkyl carbamates (subject to hydrolysis) is 1. The Labute approximate surface area is 167 Å². The highest BCUT2D eigenvalue weighted by molar-refractivity contribution is 5.81. The van der Waals surface area contributed by atoms with Crippen LogP contribution in [0.5, 0.6) is 0 Å². The number of nitrogens with zero attached hydrogens (tertiary/aromatic N) is 1. The summed E-state index contributed by atoms with van der Waals surface area (Å²) < 4.78 is 43.7. The smallest absolute Gasteiger partial charge is 0.416 e. The van der Waals surface area contributed by atoms with Crippen LogP contribution in [-0.2, 0) is 15.7 Å². The molecule has 158 valence electrons. The Morgan fingerprint density at radius 3 is 2.48 bits per heavy atom. The molecule has 0 aromatic heterocycles. The van der Waals surface area contributed by atoms with Crippen LogP contribution < -0.4 is 5.32 Å². The van der Waals surface area contributed by atoms with Gasteiger partial charge in [-0.3, -0.25) is 4.79 Å². The molecular weight excluding hydrogens is 385 g/mol. The molecule has 1 heterocycles. The minimum Gasteiger partial charge on any atom is -0.453 e. The molecule has 1 N–H and O–H groups in total. The Morgan fingerprint density at radius 2 is 1.93 bits per heavy atom. The van der Waals surface area contributed by atoms with E-state index in [-0.39, 0.29) is 29.1 Å². The van der Waals surface area contributed by atoms with Gasteiger partial charge in [-0.05, 0) is 48.6 Å². The summed E-state index contributed by atoms with van der Waals surface area (Å²) in [4.78, 5) is 26.1. The number of ether oxygens (including phenoxy) is 1. The van der Waals surface area contributed by atoms with Gasteiger partial charge in [-0.25, -0.2) is 4.79 Å². The summed E-state index contributed by atoms with van der Waals surface area (Å²) >= 11 is 0. The Balaban J connectivity index is 1.36. The molecule has 2 aliphatic carbocycles. The molecule has 3 aliphatic rings. The van der Waals surface area contributed by atoms with Crippen molar-refractivity contribution in [3.05, 3.63) is 35.4 Å². The number of rotatable bonds is 3. The fourth-order valence-corrected chi connectivity index (χ4v) is 5.45. The molecule has 8 heteroatoms. The van der Waals surface area contributed by atoms with E-state index in [1.165, 1.54) is 19.2 Å². The zero-order valence-corrected chi connectivity index (χ0v) is 16.7. The number of hydrogen-bond acceptors (Lipinski definition) is 3. The second-order valence-electron chi connectivity index (χ2n) is 9.21. The number of halogens is 3. The van der Waals surface area contributed by atoms with Crippen molar-refractivity contribution in [3.8, 4) is 0 Å². The lowest BCUT2D eigenvalue weighted by molar-refractivity contribution is -0.140. The van der Waals surface area contributed by atoms with Gasteiger partial charge in [0.25, 0.3) is 0 Å². The van der Waals surface area contributed by atoms with Crippen LogP contribution >= 0.6 is 0 Å². The van der Waals surface area contributed by atoms with E-state index in [1.807, 2.05) is 11.8 Å². The van der Waals surface area contributed by atoms with Crippen LogP contribution in [0.15, 0.2) is 24.3 Å². The van der Waals surface area contributed by atoms with E-state index >= 15 is 0 Å². The largest absolute Gasteiger partial charge is 0.453 e. The molecule has 0 unspecified atom stereocenters. The Bertz CT molecular complexity index is 850. The third-order valence-corrected chi connectivity index (χ3v) is 7.02. The molecule has 1 aromatic rings. The molecule has 2 amide bonds. The average Bonchev–Trinajstić information content (AvgIpc) is 3.03. The van der Waals surface area contributed by atoms with Crippen molar-refractivity contribution in [3.63, 3.8) is 0 Å². The maximum Gasteiger partial charge on any atom is 0.416 e. The molecule has 1 aromatic carbocycles. The zero-order chi connectivity index (χ0) is 21.2. The number of piperidine rings is 1. The van der Waals surface area contributed by atoms with E-state index in [0.717, 1.165) is 6.07 Å². The minimum atomic E-state index is -4.35. The molecule has 1 aliphatic heterocycles. The van der Waals surface area contributed by atoms with E-state index in [4.69, 9.17) is 0 Å². The summed E-state index contributed by atoms with van der Waals surface area (Å²) in [5.74, 6) is 0.187. The van der Waals surface area contributed by atoms with Gasteiger partial charge in [0.1, 0.15) is 0 Å². The summed E-state index contributed by atoms with van der Waals surface area (Å²) in [6, 6.07) is 5.56. The fraction of sp³-hybridized carbons (Fsp3) is 0.619. The molecule has 4 rings (SSSR count). The number of alkyl halides is 3. The van der Waals surface area contributed by atoms with Gasteiger partial charge >= 0.3 is 12.3 Å². The van der Waals surface area contributed by atoms with Gasteiger partial charge in [-0.15, -0.1) is 0 Å². The number of carbonyl (C=O) groups is 2. The van der Waals surface area contributed by atoms with Crippen molar-refractivity contribution in [2.75, 3.05) is 20.2 Å². The lowest BCUT2D eigenvalue weighted by Crippen LogP contribution is -2.58. The first kappa shape index (κ1) is 20.0. The van der Waals surface area contributed by atoms with Gasteiger partial charge < -0.3 is 15.0 Å². The summed E-state index contributed by atoms with van der Waals surface area (Å²) in [7, 11) is 1.30. The van der Waals surface area contributed by atoms with Gasteiger partial charge in [-0.2, -0.15) is 13.2 Å². The Morgan fingerprint density at radius 1 is 1.24 bits per heavy atom. The second kappa shape index (κ2) is 6.37. The summed E-state index contributed by atoms with van der Waals surface area (Å²) in [6.07, 6.45) is -3.72. The number of benzene rings is 1. The van der Waals surface area contributed by atoms with Crippen molar-refractivity contribution >= 4 is 12.0 Å². The van der Waals surface area contributed by atoms with E-state index < -0.39 is 23.4 Å². The molecule has 29 heavy (non-hydrogen) atoms. The van der Waals surface area contributed by atoms with Crippen molar-refractivity contribution < 1.29 is 27.5 Å². The highest BCUT2D eigenvalue weighted by atomic mass is 19.4. The van der Waals surface area contributed by atoms with Gasteiger partial charge in [0.05, 0.1) is 12.7 Å². The van der Waals surface area contributed by atoms with Gasteiger partial charge in [0.15, 0.2) is 0 Å². The first-order chi connectivity index (χ1) is 13.5. The molecule has 5 nitrogen and oxygen atoms in total. The van der Waals surface area contributed by atoms with Crippen LogP contribution in [0.3, 0.4) is 0 Å². The highest BCUT2D eigenvalue weighted by Crippen LogP contribution is 2.68. The van der Waals surface area contributed by atoms with Crippen LogP contribution in [0.4, 0.5) is 18.0 Å². The summed E-state index contributed by atoms with van der Waals surface area (Å²) in [6.45, 7) is 5.09. The standard InChI is InChI=1S/C21H25F3N2O3/c1-19(25-18(28)29-3)8-13(9-19)17(27)26-10-15-16(20(15,2)11-26)12-5-4-6-14(7-12)21(22,23)24/h4-7,13,15-16H,8-11H2,1-3H3,(H,25,28)/t13-,15-,16-,19+,20-/m0/s1. The van der Waals surface area contributed by atoms with Crippen LogP contribution in [0, 0.1) is 17.3 Å². The van der Waals surface area contributed by atoms with Crippen molar-refractivity contribution in [2.24, 2.45) is 17.3 Å². The number of methoxy groups -OCH3 is 1. The first-order valence-corrected chi connectivity index (χ1v) is 9.79. The minimum absolute atomic E-state index is 0.0569. The number of nitrogens with one attached hydrogen (secondary N) is 1. The predicted molar refractivity (Wildman–Crippen MR) is 99.0 cm³/mol. The number of amides is 2. The number of carbonyl (C=O) groups excluding carboxylic acids is 2. The van der Waals surface area contributed by atoms with Crippen LogP contribution in [0.25, 0.3) is 0 Å². The second-order valence-corrected chi connectivity index (χ2v) is 9.21. The maximum absolute atomic E-state index is 13.0. The summed E-state index contributed by atoms with van der Waals surface area (Å²) in [5, 5.41) is 2.77. The Hall–Kier alpha value is -2.25. The third-order valence-electron chi connectivity index (χ3n) is 7.02. The molecule has 3 fully saturated rings. The predicted octanol–water partition coefficient (Wildman–Crippen LogP) is 3.79. The van der Waals surface area contributed by atoms with Gasteiger partial charge in [-0.1, -0.05) is 25.1 Å². The van der Waals surface area contributed by atoms with Crippen LogP contribution in [0.2, 0.25) is 0 Å². The lowest BCUT2D eigenvalue weighted by Gasteiger charge is -2.45. The third kappa shape index (κ3) is 3.36. The number of likely N-dealkylation sites (tertiary alicyclic amines) is 1. The number of hydrogen-bond donors (Lipinski definition) is 1. The van der Waals surface area contributed by atoms with Crippen molar-refractivity contribution in [2.45, 2.75) is 44.3 Å². The highest BCUT2D eigenvalue weighted by Gasteiger charge is 2.67.